The maximum Gasteiger partial charge on any atom is 0.229 e. The number of thiazole rings is 1. The van der Waals surface area contributed by atoms with Crippen molar-refractivity contribution < 1.29 is 14.7 Å². The highest BCUT2D eigenvalue weighted by Crippen LogP contribution is 2.33. The van der Waals surface area contributed by atoms with Crippen LogP contribution in [0.4, 0.5) is 5.13 Å². The number of aryl methyl sites for hydroxylation is 1. The zero-order valence-electron chi connectivity index (χ0n) is 14.1. The van der Waals surface area contributed by atoms with Gasteiger partial charge in [0.15, 0.2) is 5.13 Å². The minimum Gasteiger partial charge on any atom is -0.393 e. The number of aliphatic hydroxyl groups is 1. The number of piperidine rings is 1. The Bertz CT molecular complexity index is 826. The van der Waals surface area contributed by atoms with Crippen LogP contribution in [-0.4, -0.2) is 52.5 Å². The molecule has 7 heteroatoms. The number of aromatic nitrogens is 1. The van der Waals surface area contributed by atoms with Gasteiger partial charge in [-0.2, -0.15) is 0 Å². The number of hydrogen-bond acceptors (Lipinski definition) is 5. The molecule has 2 aromatic rings. The first-order valence-corrected chi connectivity index (χ1v) is 9.47. The van der Waals surface area contributed by atoms with Gasteiger partial charge in [-0.25, -0.2) is 4.98 Å². The van der Waals surface area contributed by atoms with Crippen LogP contribution >= 0.6 is 11.3 Å². The standard InChI is InChI=1S/C18H21N3O3S/c1-11-2-3-14-15(8-11)25-18(19-14)21-10-12(9-16(21)23)17(24)20-6-4-13(22)5-7-20/h2-3,8,12-13,22H,4-7,9-10H2,1H3. The third kappa shape index (κ3) is 3.14. The Labute approximate surface area is 150 Å². The molecule has 2 amide bonds. The molecule has 25 heavy (non-hydrogen) atoms. The number of nitrogens with zero attached hydrogens (tertiary/aromatic N) is 3. The van der Waals surface area contributed by atoms with Crippen molar-refractivity contribution >= 4 is 38.5 Å². The van der Waals surface area contributed by atoms with Crippen molar-refractivity contribution in [3.63, 3.8) is 0 Å². The quantitative estimate of drug-likeness (QED) is 0.889. The van der Waals surface area contributed by atoms with Crippen molar-refractivity contribution in [2.75, 3.05) is 24.5 Å². The first-order valence-electron chi connectivity index (χ1n) is 8.65. The van der Waals surface area contributed by atoms with Crippen LogP contribution < -0.4 is 4.90 Å². The molecule has 3 heterocycles. The Morgan fingerprint density at radius 1 is 1.32 bits per heavy atom. The average molecular weight is 359 g/mol. The van der Waals surface area contributed by atoms with Crippen LogP contribution in [0.3, 0.4) is 0 Å². The fourth-order valence-corrected chi connectivity index (χ4v) is 4.63. The molecule has 1 aromatic heterocycles. The van der Waals surface area contributed by atoms with Crippen molar-refractivity contribution in [3.8, 4) is 0 Å². The van der Waals surface area contributed by atoms with Gasteiger partial charge in [-0.05, 0) is 37.5 Å². The van der Waals surface area contributed by atoms with Gasteiger partial charge in [0.1, 0.15) is 0 Å². The highest BCUT2D eigenvalue weighted by molar-refractivity contribution is 7.22. The number of hydrogen-bond donors (Lipinski definition) is 1. The van der Waals surface area contributed by atoms with E-state index in [1.807, 2.05) is 19.1 Å². The summed E-state index contributed by atoms with van der Waals surface area (Å²) in [6.45, 7) is 3.58. The average Bonchev–Trinajstić information content (AvgIpc) is 3.17. The van der Waals surface area contributed by atoms with E-state index in [1.165, 1.54) is 11.3 Å². The van der Waals surface area contributed by atoms with E-state index in [0.717, 1.165) is 15.8 Å². The first kappa shape index (κ1) is 16.5. The summed E-state index contributed by atoms with van der Waals surface area (Å²) < 4.78 is 1.06. The molecule has 1 atom stereocenters. The molecule has 1 N–H and O–H groups in total. The second kappa shape index (κ2) is 6.38. The normalized spacial score (nSPS) is 22.2. The number of amides is 2. The van der Waals surface area contributed by atoms with Gasteiger partial charge >= 0.3 is 0 Å². The minimum absolute atomic E-state index is 0.0275. The second-order valence-electron chi connectivity index (χ2n) is 6.93. The number of anilines is 1. The third-order valence-corrected chi connectivity index (χ3v) is 6.06. The fourth-order valence-electron chi connectivity index (χ4n) is 3.54. The maximum atomic E-state index is 12.7. The molecule has 1 aromatic carbocycles. The van der Waals surface area contributed by atoms with Crippen molar-refractivity contribution in [2.24, 2.45) is 5.92 Å². The summed E-state index contributed by atoms with van der Waals surface area (Å²) in [5, 5.41) is 10.3. The highest BCUT2D eigenvalue weighted by atomic mass is 32.1. The molecule has 132 valence electrons. The summed E-state index contributed by atoms with van der Waals surface area (Å²) in [6.07, 6.45) is 1.17. The molecule has 0 saturated carbocycles. The van der Waals surface area contributed by atoms with Gasteiger partial charge in [-0.3, -0.25) is 14.5 Å². The molecule has 1 unspecified atom stereocenters. The number of benzene rings is 1. The van der Waals surface area contributed by atoms with E-state index in [0.29, 0.717) is 37.6 Å². The molecule has 0 spiro atoms. The third-order valence-electron chi connectivity index (χ3n) is 5.01. The van der Waals surface area contributed by atoms with Gasteiger partial charge in [0.2, 0.25) is 11.8 Å². The number of rotatable bonds is 2. The summed E-state index contributed by atoms with van der Waals surface area (Å²) in [5.74, 6) is -0.317. The molecule has 2 fully saturated rings. The van der Waals surface area contributed by atoms with E-state index in [1.54, 1.807) is 9.80 Å². The topological polar surface area (TPSA) is 73.7 Å². The van der Waals surface area contributed by atoms with E-state index in [2.05, 4.69) is 11.1 Å². The van der Waals surface area contributed by atoms with Gasteiger partial charge < -0.3 is 10.0 Å². The van der Waals surface area contributed by atoms with Crippen molar-refractivity contribution in [2.45, 2.75) is 32.3 Å². The Balaban J connectivity index is 1.50. The predicted octanol–water partition coefficient (Wildman–Crippen LogP) is 1.94. The van der Waals surface area contributed by atoms with Crippen LogP contribution in [0, 0.1) is 12.8 Å². The van der Waals surface area contributed by atoms with Gasteiger partial charge in [0, 0.05) is 26.1 Å². The van der Waals surface area contributed by atoms with Crippen LogP contribution in [0.1, 0.15) is 24.8 Å². The lowest BCUT2D eigenvalue weighted by Gasteiger charge is -2.31. The van der Waals surface area contributed by atoms with Crippen LogP contribution in [-0.2, 0) is 9.59 Å². The van der Waals surface area contributed by atoms with Crippen LogP contribution in [0.25, 0.3) is 10.2 Å². The molecular weight excluding hydrogens is 338 g/mol. The van der Waals surface area contributed by atoms with Crippen molar-refractivity contribution in [1.82, 2.24) is 9.88 Å². The number of aliphatic hydroxyl groups excluding tert-OH is 1. The molecule has 4 rings (SSSR count). The predicted molar refractivity (Wildman–Crippen MR) is 96.6 cm³/mol. The van der Waals surface area contributed by atoms with Crippen LogP contribution in [0.5, 0.6) is 0 Å². The number of likely N-dealkylation sites (tertiary alicyclic amines) is 1. The maximum absolute atomic E-state index is 12.7. The molecule has 0 aliphatic carbocycles. The van der Waals surface area contributed by atoms with Crippen molar-refractivity contribution in [3.05, 3.63) is 23.8 Å². The van der Waals surface area contributed by atoms with E-state index in [-0.39, 0.29) is 30.3 Å². The van der Waals surface area contributed by atoms with Crippen LogP contribution in [0.15, 0.2) is 18.2 Å². The Morgan fingerprint density at radius 2 is 2.08 bits per heavy atom. The highest BCUT2D eigenvalue weighted by Gasteiger charge is 2.39. The monoisotopic (exact) mass is 359 g/mol. The Kier molecular flexibility index (Phi) is 4.21. The van der Waals surface area contributed by atoms with Gasteiger partial charge in [-0.15, -0.1) is 0 Å². The van der Waals surface area contributed by atoms with E-state index in [9.17, 15) is 14.7 Å². The molecule has 2 aliphatic rings. The molecule has 0 radical (unpaired) electrons. The van der Waals surface area contributed by atoms with Gasteiger partial charge in [0.05, 0.1) is 22.2 Å². The second-order valence-corrected chi connectivity index (χ2v) is 7.94. The smallest absolute Gasteiger partial charge is 0.229 e. The Morgan fingerprint density at radius 3 is 2.84 bits per heavy atom. The SMILES string of the molecule is Cc1ccc2nc(N3CC(C(=O)N4CCC(O)CC4)CC3=O)sc2c1. The summed E-state index contributed by atoms with van der Waals surface area (Å²) >= 11 is 1.50. The minimum atomic E-state index is -0.309. The zero-order valence-corrected chi connectivity index (χ0v) is 15.0. The van der Waals surface area contributed by atoms with Crippen molar-refractivity contribution in [1.29, 1.82) is 0 Å². The lowest BCUT2D eigenvalue weighted by atomic mass is 10.0. The number of carbonyl (C=O) groups is 2. The molecule has 0 bridgehead atoms. The van der Waals surface area contributed by atoms with E-state index >= 15 is 0 Å². The lowest BCUT2D eigenvalue weighted by molar-refractivity contribution is -0.137. The van der Waals surface area contributed by atoms with E-state index < -0.39 is 0 Å². The van der Waals surface area contributed by atoms with Gasteiger partial charge in [0.25, 0.3) is 0 Å². The summed E-state index contributed by atoms with van der Waals surface area (Å²) in [7, 11) is 0. The van der Waals surface area contributed by atoms with E-state index in [4.69, 9.17) is 0 Å². The molecular formula is C18H21N3O3S. The lowest BCUT2D eigenvalue weighted by Crippen LogP contribution is -2.43. The Hall–Kier alpha value is -1.99. The number of fused-ring (bicyclic) bond motifs is 1. The molecule has 2 saturated heterocycles. The molecule has 2 aliphatic heterocycles. The molecule has 6 nitrogen and oxygen atoms in total. The summed E-state index contributed by atoms with van der Waals surface area (Å²) in [4.78, 5) is 33.2. The summed E-state index contributed by atoms with van der Waals surface area (Å²) in [5.41, 5.74) is 2.05. The number of carbonyl (C=O) groups excluding carboxylic acids is 2. The largest absolute Gasteiger partial charge is 0.393 e. The van der Waals surface area contributed by atoms with Gasteiger partial charge in [-0.1, -0.05) is 17.4 Å². The summed E-state index contributed by atoms with van der Waals surface area (Å²) in [6, 6.07) is 6.04. The zero-order chi connectivity index (χ0) is 17.6. The fraction of sp³-hybridized carbons (Fsp3) is 0.500. The van der Waals surface area contributed by atoms with Crippen LogP contribution in [0.2, 0.25) is 0 Å². The first-order chi connectivity index (χ1) is 12.0.